The second-order valence-electron chi connectivity index (χ2n) is 6.33. The van der Waals surface area contributed by atoms with Gasteiger partial charge in [0.1, 0.15) is 36.3 Å². The third kappa shape index (κ3) is 4.35. The van der Waals surface area contributed by atoms with Gasteiger partial charge in [-0.3, -0.25) is 9.36 Å². The Morgan fingerprint density at radius 1 is 1.23 bits per heavy atom. The molecule has 3 aromatic rings. The average molecular weight is 429 g/mol. The fourth-order valence-electron chi connectivity index (χ4n) is 2.96. The molecule has 0 aliphatic heterocycles. The molecule has 3 rings (SSSR count). The van der Waals surface area contributed by atoms with Crippen molar-refractivity contribution in [3.05, 3.63) is 89.4 Å². The van der Waals surface area contributed by atoms with E-state index in [1.165, 1.54) is 29.3 Å². The summed E-state index contributed by atoms with van der Waals surface area (Å²) < 4.78 is 47.0. The maximum atomic E-state index is 14.6. The molecule has 0 saturated heterocycles. The van der Waals surface area contributed by atoms with Gasteiger partial charge >= 0.3 is 5.97 Å². The van der Waals surface area contributed by atoms with Gasteiger partial charge < -0.3 is 9.64 Å². The molecule has 1 aromatic carbocycles. The van der Waals surface area contributed by atoms with Crippen LogP contribution >= 0.6 is 0 Å². The Hall–Kier alpha value is -3.88. The Bertz CT molecular complexity index is 1220. The van der Waals surface area contributed by atoms with Crippen LogP contribution in [-0.4, -0.2) is 35.3 Å². The summed E-state index contributed by atoms with van der Waals surface area (Å²) in [7, 11) is 0. The number of benzene rings is 1. The first-order valence-electron chi connectivity index (χ1n) is 9.16. The fourth-order valence-corrected chi connectivity index (χ4v) is 2.96. The maximum absolute atomic E-state index is 14.6. The number of hydrogen-bond acceptors (Lipinski definition) is 5. The molecular weight excluding hydrogens is 411 g/mol. The van der Waals surface area contributed by atoms with Crippen molar-refractivity contribution in [2.75, 3.05) is 24.7 Å². The van der Waals surface area contributed by atoms with Crippen LogP contribution in [0.2, 0.25) is 0 Å². The largest absolute Gasteiger partial charge is 0.458 e. The number of hydrogen-bond donors (Lipinski definition) is 0. The Labute approximate surface area is 175 Å². The summed E-state index contributed by atoms with van der Waals surface area (Å²) in [6.45, 7) is 6.19. The number of halogens is 3. The van der Waals surface area contributed by atoms with E-state index in [9.17, 15) is 22.8 Å². The lowest BCUT2D eigenvalue weighted by molar-refractivity contribution is 0.0548. The van der Waals surface area contributed by atoms with E-state index in [2.05, 4.69) is 18.1 Å². The molecular formula is C22H18F3N3O3. The van der Waals surface area contributed by atoms with Gasteiger partial charge in [0.15, 0.2) is 5.65 Å². The number of alkyl halides is 1. The molecule has 0 bridgehead atoms. The third-order valence-electron chi connectivity index (χ3n) is 4.40. The average Bonchev–Trinajstić information content (AvgIpc) is 2.76. The molecule has 0 N–H and O–H groups in total. The van der Waals surface area contributed by atoms with E-state index in [0.29, 0.717) is 6.07 Å². The number of rotatable bonds is 8. The summed E-state index contributed by atoms with van der Waals surface area (Å²) in [5.41, 5.74) is -1.21. The standard InChI is InChI=1S/C22H18F3N3O3/c1-3-11-31-22(30)16-13-28(18-7-5-14(24)12-17(18)25)21-15(20(16)29)6-8-19(26-21)27(4-2)10-9-23/h3-8,12-13H,1-2,9-11H2. The molecule has 0 atom stereocenters. The predicted octanol–water partition coefficient (Wildman–Crippen LogP) is 3.93. The van der Waals surface area contributed by atoms with Crippen molar-refractivity contribution in [3.63, 3.8) is 0 Å². The molecule has 31 heavy (non-hydrogen) atoms. The van der Waals surface area contributed by atoms with Crippen LogP contribution in [0.15, 0.2) is 66.8 Å². The van der Waals surface area contributed by atoms with Crippen molar-refractivity contribution < 1.29 is 22.7 Å². The Kier molecular flexibility index (Phi) is 6.54. The second kappa shape index (κ2) is 9.29. The lowest BCUT2D eigenvalue weighted by Crippen LogP contribution is -2.23. The van der Waals surface area contributed by atoms with Crippen LogP contribution in [0.1, 0.15) is 10.4 Å². The van der Waals surface area contributed by atoms with Gasteiger partial charge in [0, 0.05) is 12.3 Å². The molecule has 0 unspecified atom stereocenters. The highest BCUT2D eigenvalue weighted by Gasteiger charge is 2.20. The number of pyridine rings is 2. The highest BCUT2D eigenvalue weighted by atomic mass is 19.1. The monoisotopic (exact) mass is 429 g/mol. The molecule has 160 valence electrons. The highest BCUT2D eigenvalue weighted by Crippen LogP contribution is 2.23. The molecule has 0 fully saturated rings. The van der Waals surface area contributed by atoms with Crippen LogP contribution < -0.4 is 10.3 Å². The minimum Gasteiger partial charge on any atom is -0.458 e. The first kappa shape index (κ1) is 21.8. The number of ether oxygens (including phenoxy) is 1. The van der Waals surface area contributed by atoms with E-state index in [-0.39, 0.29) is 41.3 Å². The molecule has 0 saturated carbocycles. The topological polar surface area (TPSA) is 64.4 Å². The van der Waals surface area contributed by atoms with Gasteiger partial charge in [-0.1, -0.05) is 19.2 Å². The zero-order valence-electron chi connectivity index (χ0n) is 16.4. The van der Waals surface area contributed by atoms with Crippen molar-refractivity contribution in [1.82, 2.24) is 9.55 Å². The molecule has 0 spiro atoms. The van der Waals surface area contributed by atoms with Crippen LogP contribution in [0.5, 0.6) is 0 Å². The molecule has 6 nitrogen and oxygen atoms in total. The number of carbonyl (C=O) groups excluding carboxylic acids is 1. The third-order valence-corrected chi connectivity index (χ3v) is 4.40. The van der Waals surface area contributed by atoms with Gasteiger partial charge in [-0.2, -0.15) is 0 Å². The molecule has 9 heteroatoms. The van der Waals surface area contributed by atoms with Crippen molar-refractivity contribution in [2.24, 2.45) is 0 Å². The van der Waals surface area contributed by atoms with Crippen molar-refractivity contribution in [1.29, 1.82) is 0 Å². The lowest BCUT2D eigenvalue weighted by Gasteiger charge is -2.19. The number of esters is 1. The molecule has 0 amide bonds. The number of fused-ring (bicyclic) bond motifs is 1. The summed E-state index contributed by atoms with van der Waals surface area (Å²) in [4.78, 5) is 31.0. The van der Waals surface area contributed by atoms with Gasteiger partial charge in [-0.05, 0) is 30.5 Å². The molecule has 2 heterocycles. The van der Waals surface area contributed by atoms with Crippen molar-refractivity contribution in [3.8, 4) is 5.69 Å². The molecule has 0 aliphatic carbocycles. The summed E-state index contributed by atoms with van der Waals surface area (Å²) >= 11 is 0. The van der Waals surface area contributed by atoms with E-state index >= 15 is 0 Å². The summed E-state index contributed by atoms with van der Waals surface area (Å²) in [5, 5.41) is -0.00945. The maximum Gasteiger partial charge on any atom is 0.343 e. The normalized spacial score (nSPS) is 10.7. The molecule has 2 aromatic heterocycles. The minimum atomic E-state index is -0.938. The van der Waals surface area contributed by atoms with Crippen molar-refractivity contribution >= 4 is 22.8 Å². The number of carbonyl (C=O) groups is 1. The quantitative estimate of drug-likeness (QED) is 0.401. The second-order valence-corrected chi connectivity index (χ2v) is 6.33. The fraction of sp³-hybridized carbons (Fsp3) is 0.136. The van der Waals surface area contributed by atoms with Gasteiger partial charge in [-0.25, -0.2) is 22.9 Å². The van der Waals surface area contributed by atoms with Gasteiger partial charge in [0.05, 0.1) is 17.6 Å². The summed E-state index contributed by atoms with van der Waals surface area (Å²) in [5.74, 6) is -2.42. The number of anilines is 1. The lowest BCUT2D eigenvalue weighted by atomic mass is 10.1. The molecule has 0 radical (unpaired) electrons. The van der Waals surface area contributed by atoms with Crippen LogP contribution in [-0.2, 0) is 4.74 Å². The Morgan fingerprint density at radius 3 is 2.65 bits per heavy atom. The van der Waals surface area contributed by atoms with Gasteiger partial charge in [0.25, 0.3) is 0 Å². The highest BCUT2D eigenvalue weighted by molar-refractivity contribution is 5.94. The van der Waals surface area contributed by atoms with Crippen LogP contribution in [0.25, 0.3) is 16.7 Å². The van der Waals surface area contributed by atoms with Gasteiger partial charge in [0.2, 0.25) is 5.43 Å². The minimum absolute atomic E-state index is 0.00945. The predicted molar refractivity (Wildman–Crippen MR) is 111 cm³/mol. The first-order valence-corrected chi connectivity index (χ1v) is 9.16. The summed E-state index contributed by atoms with van der Waals surface area (Å²) in [6.07, 6.45) is 3.77. The Balaban J connectivity index is 2.33. The smallest absolute Gasteiger partial charge is 0.343 e. The van der Waals surface area contributed by atoms with Gasteiger partial charge in [-0.15, -0.1) is 0 Å². The Morgan fingerprint density at radius 2 is 2.00 bits per heavy atom. The number of aromatic nitrogens is 2. The van der Waals surface area contributed by atoms with E-state index < -0.39 is 29.7 Å². The van der Waals surface area contributed by atoms with E-state index in [1.54, 1.807) is 0 Å². The van der Waals surface area contributed by atoms with E-state index in [0.717, 1.165) is 22.9 Å². The number of nitrogens with zero attached hydrogens (tertiary/aromatic N) is 3. The zero-order valence-corrected chi connectivity index (χ0v) is 16.4. The van der Waals surface area contributed by atoms with Crippen LogP contribution in [0, 0.1) is 11.6 Å². The first-order chi connectivity index (χ1) is 14.9. The molecule has 0 aliphatic rings. The van der Waals surface area contributed by atoms with Crippen LogP contribution in [0.3, 0.4) is 0 Å². The summed E-state index contributed by atoms with van der Waals surface area (Å²) in [6, 6.07) is 5.68. The van der Waals surface area contributed by atoms with E-state index in [1.807, 2.05) is 0 Å². The van der Waals surface area contributed by atoms with Crippen molar-refractivity contribution in [2.45, 2.75) is 0 Å². The zero-order chi connectivity index (χ0) is 22.5. The van der Waals surface area contributed by atoms with E-state index in [4.69, 9.17) is 4.74 Å². The van der Waals surface area contributed by atoms with Crippen LogP contribution in [0.4, 0.5) is 19.0 Å². The SMILES string of the molecule is C=CCOC(=O)c1cn(-c2ccc(F)cc2F)c2nc(N(C=C)CCF)ccc2c1=O.